The molecule has 2 aromatic carbocycles. The van der Waals surface area contributed by atoms with Crippen molar-refractivity contribution in [2.45, 2.75) is 20.3 Å². The average molecular weight is 359 g/mol. The Bertz CT molecular complexity index is 1090. The number of nitrogens with one attached hydrogen (secondary N) is 2. The number of amides is 1. The van der Waals surface area contributed by atoms with E-state index in [1.165, 1.54) is 16.5 Å². The van der Waals surface area contributed by atoms with Gasteiger partial charge in [-0.15, -0.1) is 5.10 Å². The van der Waals surface area contributed by atoms with Crippen molar-refractivity contribution >= 4 is 16.8 Å². The summed E-state index contributed by atoms with van der Waals surface area (Å²) in [5, 5.41) is 12.3. The van der Waals surface area contributed by atoms with Gasteiger partial charge in [-0.1, -0.05) is 35.5 Å². The van der Waals surface area contributed by atoms with Crippen LogP contribution in [0.1, 0.15) is 27.3 Å². The van der Waals surface area contributed by atoms with Crippen molar-refractivity contribution < 1.29 is 4.79 Å². The summed E-state index contributed by atoms with van der Waals surface area (Å²) in [5.41, 5.74) is 5.50. The van der Waals surface area contributed by atoms with Gasteiger partial charge in [0.2, 0.25) is 0 Å². The highest BCUT2D eigenvalue weighted by molar-refractivity contribution is 5.93. The Hall–Kier alpha value is -3.41. The lowest BCUT2D eigenvalue weighted by atomic mass is 10.1. The number of aryl methyl sites for hydroxylation is 1. The molecule has 4 rings (SSSR count). The van der Waals surface area contributed by atoms with Crippen molar-refractivity contribution in [3.8, 4) is 5.69 Å². The fourth-order valence-electron chi connectivity index (χ4n) is 3.25. The second-order valence-electron chi connectivity index (χ2n) is 6.64. The van der Waals surface area contributed by atoms with E-state index in [9.17, 15) is 4.79 Å². The van der Waals surface area contributed by atoms with E-state index in [0.29, 0.717) is 12.2 Å². The summed E-state index contributed by atoms with van der Waals surface area (Å²) in [5.74, 6) is -0.203. The quantitative estimate of drug-likeness (QED) is 0.574. The molecule has 0 atom stereocenters. The van der Waals surface area contributed by atoms with Gasteiger partial charge >= 0.3 is 0 Å². The predicted molar refractivity (Wildman–Crippen MR) is 105 cm³/mol. The van der Waals surface area contributed by atoms with Crippen LogP contribution >= 0.6 is 0 Å². The van der Waals surface area contributed by atoms with E-state index in [0.717, 1.165) is 23.3 Å². The van der Waals surface area contributed by atoms with Crippen LogP contribution in [0.25, 0.3) is 16.6 Å². The molecule has 0 radical (unpaired) electrons. The Labute approximate surface area is 157 Å². The predicted octanol–water partition coefficient (Wildman–Crippen LogP) is 3.34. The zero-order valence-corrected chi connectivity index (χ0v) is 15.4. The summed E-state index contributed by atoms with van der Waals surface area (Å²) in [4.78, 5) is 15.8. The first kappa shape index (κ1) is 17.0. The molecule has 0 saturated carbocycles. The number of aromatic nitrogens is 4. The third-order valence-electron chi connectivity index (χ3n) is 4.71. The minimum absolute atomic E-state index is 0.203. The van der Waals surface area contributed by atoms with Crippen LogP contribution in [0.4, 0.5) is 0 Å². The number of nitrogens with zero attached hydrogens (tertiary/aromatic N) is 3. The molecular weight excluding hydrogens is 338 g/mol. The van der Waals surface area contributed by atoms with E-state index in [1.807, 2.05) is 43.5 Å². The maximum Gasteiger partial charge on any atom is 0.273 e. The second kappa shape index (κ2) is 7.07. The SMILES string of the molecule is Cc1ccc2c(CCNC(=O)c3nnn(-c4ccccc4)c3C)c[nH]c2c1. The smallest absolute Gasteiger partial charge is 0.273 e. The van der Waals surface area contributed by atoms with Gasteiger partial charge in [-0.05, 0) is 49.6 Å². The molecule has 0 spiro atoms. The van der Waals surface area contributed by atoms with E-state index in [1.54, 1.807) is 4.68 Å². The van der Waals surface area contributed by atoms with Gasteiger partial charge < -0.3 is 10.3 Å². The van der Waals surface area contributed by atoms with Crippen LogP contribution in [-0.4, -0.2) is 32.4 Å². The first-order valence-corrected chi connectivity index (χ1v) is 8.96. The molecule has 0 aliphatic carbocycles. The third-order valence-corrected chi connectivity index (χ3v) is 4.71. The molecule has 1 amide bonds. The van der Waals surface area contributed by atoms with Gasteiger partial charge in [-0.25, -0.2) is 4.68 Å². The van der Waals surface area contributed by atoms with Gasteiger partial charge in [0.05, 0.1) is 11.4 Å². The van der Waals surface area contributed by atoms with E-state index < -0.39 is 0 Å². The largest absolute Gasteiger partial charge is 0.361 e. The monoisotopic (exact) mass is 359 g/mol. The van der Waals surface area contributed by atoms with Crippen molar-refractivity contribution in [2.24, 2.45) is 0 Å². The van der Waals surface area contributed by atoms with Gasteiger partial charge in [-0.2, -0.15) is 0 Å². The average Bonchev–Trinajstić information content (AvgIpc) is 3.25. The first-order valence-electron chi connectivity index (χ1n) is 8.96. The molecule has 2 heterocycles. The normalized spacial score (nSPS) is 11.0. The molecular formula is C21H21N5O. The van der Waals surface area contributed by atoms with Crippen molar-refractivity contribution in [1.29, 1.82) is 0 Å². The Morgan fingerprint density at radius 1 is 1.15 bits per heavy atom. The molecule has 0 aliphatic heterocycles. The molecule has 0 unspecified atom stereocenters. The molecule has 0 saturated heterocycles. The van der Waals surface area contributed by atoms with Crippen LogP contribution in [0.5, 0.6) is 0 Å². The molecule has 4 aromatic rings. The van der Waals surface area contributed by atoms with E-state index in [4.69, 9.17) is 0 Å². The number of hydrogen-bond donors (Lipinski definition) is 2. The number of carbonyl (C=O) groups excluding carboxylic acids is 1. The van der Waals surface area contributed by atoms with Gasteiger partial charge in [0.1, 0.15) is 0 Å². The van der Waals surface area contributed by atoms with Crippen molar-refractivity contribution in [2.75, 3.05) is 6.54 Å². The number of H-pyrrole nitrogens is 1. The summed E-state index contributed by atoms with van der Waals surface area (Å²) < 4.78 is 1.68. The van der Waals surface area contributed by atoms with Crippen molar-refractivity contribution in [3.05, 3.63) is 77.2 Å². The Morgan fingerprint density at radius 3 is 2.78 bits per heavy atom. The fourth-order valence-corrected chi connectivity index (χ4v) is 3.25. The number of aromatic amines is 1. The van der Waals surface area contributed by atoms with E-state index >= 15 is 0 Å². The topological polar surface area (TPSA) is 75.6 Å². The van der Waals surface area contributed by atoms with Gasteiger partial charge in [0.25, 0.3) is 5.91 Å². The second-order valence-corrected chi connectivity index (χ2v) is 6.64. The summed E-state index contributed by atoms with van der Waals surface area (Å²) >= 11 is 0. The van der Waals surface area contributed by atoms with E-state index in [-0.39, 0.29) is 5.91 Å². The van der Waals surface area contributed by atoms with Crippen LogP contribution in [0.15, 0.2) is 54.7 Å². The lowest BCUT2D eigenvalue weighted by molar-refractivity contribution is 0.0948. The molecule has 2 N–H and O–H groups in total. The first-order chi connectivity index (χ1) is 13.1. The highest BCUT2D eigenvalue weighted by Gasteiger charge is 2.17. The molecule has 27 heavy (non-hydrogen) atoms. The highest BCUT2D eigenvalue weighted by atomic mass is 16.2. The van der Waals surface area contributed by atoms with Gasteiger partial charge in [-0.3, -0.25) is 4.79 Å². The summed E-state index contributed by atoms with van der Waals surface area (Å²) in [7, 11) is 0. The fraction of sp³-hybridized carbons (Fsp3) is 0.190. The molecule has 6 heteroatoms. The van der Waals surface area contributed by atoms with Crippen molar-refractivity contribution in [3.63, 3.8) is 0 Å². The summed E-state index contributed by atoms with van der Waals surface area (Å²) in [6, 6.07) is 16.0. The number of para-hydroxylation sites is 1. The number of fused-ring (bicyclic) bond motifs is 1. The van der Waals surface area contributed by atoms with Crippen LogP contribution in [0.3, 0.4) is 0 Å². The van der Waals surface area contributed by atoms with Crippen LogP contribution < -0.4 is 5.32 Å². The third kappa shape index (κ3) is 3.33. The maximum atomic E-state index is 12.5. The molecule has 6 nitrogen and oxygen atoms in total. The van der Waals surface area contributed by atoms with Crippen molar-refractivity contribution in [1.82, 2.24) is 25.3 Å². The number of hydrogen-bond acceptors (Lipinski definition) is 3. The number of carbonyl (C=O) groups is 1. The number of rotatable bonds is 5. The molecule has 136 valence electrons. The zero-order valence-electron chi connectivity index (χ0n) is 15.4. The van der Waals surface area contributed by atoms with Gasteiger partial charge in [0.15, 0.2) is 5.69 Å². The number of benzene rings is 2. The maximum absolute atomic E-state index is 12.5. The highest BCUT2D eigenvalue weighted by Crippen LogP contribution is 2.19. The molecule has 2 aromatic heterocycles. The van der Waals surface area contributed by atoms with E-state index in [2.05, 4.69) is 45.7 Å². The standard InChI is InChI=1S/C21H21N5O/c1-14-8-9-18-16(13-23-19(18)12-14)10-11-22-21(27)20-15(2)26(25-24-20)17-6-4-3-5-7-17/h3-9,12-13,23H,10-11H2,1-2H3,(H,22,27). The lowest BCUT2D eigenvalue weighted by Gasteiger charge is -2.05. The minimum atomic E-state index is -0.203. The molecule has 0 fully saturated rings. The Morgan fingerprint density at radius 2 is 1.96 bits per heavy atom. The van der Waals surface area contributed by atoms with Crippen LogP contribution in [0, 0.1) is 13.8 Å². The molecule has 0 bridgehead atoms. The summed E-state index contributed by atoms with van der Waals surface area (Å²) in [6.45, 7) is 4.46. The molecule has 0 aliphatic rings. The Balaban J connectivity index is 1.43. The van der Waals surface area contributed by atoms with Gasteiger partial charge in [0, 0.05) is 23.6 Å². The minimum Gasteiger partial charge on any atom is -0.361 e. The van der Waals surface area contributed by atoms with Crippen LogP contribution in [-0.2, 0) is 6.42 Å². The lowest BCUT2D eigenvalue weighted by Crippen LogP contribution is -2.26. The van der Waals surface area contributed by atoms with Crippen LogP contribution in [0.2, 0.25) is 0 Å². The zero-order chi connectivity index (χ0) is 18.8. The summed E-state index contributed by atoms with van der Waals surface area (Å²) in [6.07, 6.45) is 2.76. The Kier molecular flexibility index (Phi) is 4.46.